The highest BCUT2D eigenvalue weighted by atomic mass is 35.7. The molecule has 19 heavy (non-hydrogen) atoms. The topological polar surface area (TPSA) is 73.1 Å². The van der Waals surface area contributed by atoms with Crippen LogP contribution in [0, 0.1) is 0 Å². The molecular formula is C8H6ClF5N2O2S. The van der Waals surface area contributed by atoms with E-state index in [0.717, 1.165) is 0 Å². The summed E-state index contributed by atoms with van der Waals surface area (Å²) in [6, 6.07) is 0.481. The third-order valence-corrected chi connectivity index (χ3v) is 3.39. The Morgan fingerprint density at radius 1 is 1.37 bits per heavy atom. The lowest BCUT2D eigenvalue weighted by atomic mass is 10.2. The summed E-state index contributed by atoms with van der Waals surface area (Å²) < 4.78 is 85.5. The van der Waals surface area contributed by atoms with Crippen LogP contribution >= 0.6 is 10.7 Å². The molecular weight excluding hydrogens is 319 g/mol. The van der Waals surface area contributed by atoms with E-state index in [9.17, 15) is 30.4 Å². The van der Waals surface area contributed by atoms with Crippen molar-refractivity contribution in [3.63, 3.8) is 0 Å². The van der Waals surface area contributed by atoms with E-state index in [-0.39, 0.29) is 0 Å². The first-order valence-electron chi connectivity index (χ1n) is 4.52. The van der Waals surface area contributed by atoms with Crippen LogP contribution in [0.4, 0.5) is 22.0 Å². The minimum Gasteiger partial charge on any atom is -0.325 e. The molecule has 1 rings (SSSR count). The Morgan fingerprint density at radius 2 is 1.89 bits per heavy atom. The van der Waals surface area contributed by atoms with Crippen molar-refractivity contribution in [1.29, 1.82) is 0 Å². The van der Waals surface area contributed by atoms with Gasteiger partial charge in [0.2, 0.25) is 0 Å². The van der Waals surface area contributed by atoms with E-state index >= 15 is 0 Å². The van der Waals surface area contributed by atoms with Gasteiger partial charge in [-0.3, -0.25) is 0 Å². The fourth-order valence-electron chi connectivity index (χ4n) is 1.32. The van der Waals surface area contributed by atoms with Gasteiger partial charge in [-0.15, -0.1) is 0 Å². The lowest BCUT2D eigenvalue weighted by molar-refractivity contribution is -0.143. The Bertz CT molecular complexity index is 588. The number of rotatable bonds is 3. The van der Waals surface area contributed by atoms with Crippen molar-refractivity contribution >= 4 is 19.7 Å². The third kappa shape index (κ3) is 3.51. The molecule has 0 aliphatic carbocycles. The van der Waals surface area contributed by atoms with E-state index in [1.54, 1.807) is 0 Å². The van der Waals surface area contributed by atoms with Gasteiger partial charge in [0.1, 0.15) is 4.90 Å². The van der Waals surface area contributed by atoms with Gasteiger partial charge in [-0.25, -0.2) is 22.2 Å². The lowest BCUT2D eigenvalue weighted by Gasteiger charge is -2.15. The first-order valence-corrected chi connectivity index (χ1v) is 6.83. The van der Waals surface area contributed by atoms with Gasteiger partial charge >= 0.3 is 6.18 Å². The molecule has 0 atom stereocenters. The standard InChI is InChI=1S/C8H6ClF5N2O2S/c9-19(17,18)5-4(7(10)11)1-3(2-15)16-6(5)8(12,13)14/h1,7H,2,15H2. The molecule has 1 aromatic heterocycles. The molecule has 2 N–H and O–H groups in total. The van der Waals surface area contributed by atoms with Crippen LogP contribution in [0.3, 0.4) is 0 Å². The number of halogens is 6. The Balaban J connectivity index is 3.83. The number of hydrogen-bond acceptors (Lipinski definition) is 4. The first kappa shape index (κ1) is 16.1. The normalized spacial score (nSPS) is 13.1. The Morgan fingerprint density at radius 3 is 2.21 bits per heavy atom. The molecule has 0 bridgehead atoms. The zero-order chi connectivity index (χ0) is 15.0. The average molecular weight is 325 g/mol. The molecule has 1 aromatic rings. The smallest absolute Gasteiger partial charge is 0.325 e. The van der Waals surface area contributed by atoms with Crippen molar-refractivity contribution in [2.24, 2.45) is 5.73 Å². The summed E-state index contributed by atoms with van der Waals surface area (Å²) in [7, 11) is -0.266. The van der Waals surface area contributed by atoms with E-state index in [4.69, 9.17) is 16.4 Å². The van der Waals surface area contributed by atoms with Crippen LogP contribution in [0.25, 0.3) is 0 Å². The molecule has 0 radical (unpaired) electrons. The van der Waals surface area contributed by atoms with Gasteiger partial charge in [0, 0.05) is 22.8 Å². The van der Waals surface area contributed by atoms with Crippen molar-refractivity contribution < 1.29 is 30.4 Å². The van der Waals surface area contributed by atoms with Gasteiger partial charge in [0.05, 0.1) is 5.69 Å². The molecule has 0 aromatic carbocycles. The highest BCUT2D eigenvalue weighted by molar-refractivity contribution is 8.13. The van der Waals surface area contributed by atoms with Crippen LogP contribution in [0.5, 0.6) is 0 Å². The predicted molar refractivity (Wildman–Crippen MR) is 55.1 cm³/mol. The van der Waals surface area contributed by atoms with Crippen LogP contribution in [0.15, 0.2) is 11.0 Å². The monoisotopic (exact) mass is 324 g/mol. The predicted octanol–water partition coefficient (Wildman–Crippen LogP) is 2.42. The summed E-state index contributed by atoms with van der Waals surface area (Å²) in [6.07, 6.45) is -8.73. The molecule has 0 saturated carbocycles. The summed E-state index contributed by atoms with van der Waals surface area (Å²) in [6.45, 7) is -0.564. The van der Waals surface area contributed by atoms with Crippen LogP contribution in [-0.2, 0) is 21.8 Å². The third-order valence-electron chi connectivity index (χ3n) is 2.01. The van der Waals surface area contributed by atoms with Crippen molar-refractivity contribution in [2.75, 3.05) is 0 Å². The maximum Gasteiger partial charge on any atom is 0.434 e. The molecule has 11 heteroatoms. The van der Waals surface area contributed by atoms with Crippen LogP contribution in [-0.4, -0.2) is 13.4 Å². The molecule has 4 nitrogen and oxygen atoms in total. The minimum absolute atomic E-state index is 0.481. The maximum absolute atomic E-state index is 12.7. The second kappa shape index (κ2) is 5.17. The molecule has 0 aliphatic rings. The summed E-state index contributed by atoms with van der Waals surface area (Å²) in [5, 5.41) is 0. The van der Waals surface area contributed by atoms with Gasteiger partial charge in [0.15, 0.2) is 5.69 Å². The molecule has 0 aliphatic heterocycles. The second-order valence-electron chi connectivity index (χ2n) is 3.32. The maximum atomic E-state index is 12.7. The van der Waals surface area contributed by atoms with Gasteiger partial charge in [-0.1, -0.05) is 0 Å². The van der Waals surface area contributed by atoms with Gasteiger partial charge in [0.25, 0.3) is 15.5 Å². The highest BCUT2D eigenvalue weighted by Crippen LogP contribution is 2.39. The van der Waals surface area contributed by atoms with Crippen molar-refractivity contribution in [3.8, 4) is 0 Å². The molecule has 0 spiro atoms. The summed E-state index contributed by atoms with van der Waals surface area (Å²) in [5.74, 6) is 0. The van der Waals surface area contributed by atoms with E-state index in [0.29, 0.717) is 6.07 Å². The van der Waals surface area contributed by atoms with E-state index in [1.807, 2.05) is 0 Å². The van der Waals surface area contributed by atoms with E-state index < -0.39 is 50.0 Å². The molecule has 0 saturated heterocycles. The first-order chi connectivity index (χ1) is 8.48. The number of nitrogens with two attached hydrogens (primary N) is 1. The fourth-order valence-corrected chi connectivity index (χ4v) is 2.63. The Hall–Kier alpha value is -1.00. The zero-order valence-electron chi connectivity index (χ0n) is 8.88. The van der Waals surface area contributed by atoms with Crippen LogP contribution < -0.4 is 5.73 Å². The molecule has 0 unspecified atom stereocenters. The molecule has 108 valence electrons. The molecule has 0 amide bonds. The number of hydrogen-bond donors (Lipinski definition) is 1. The highest BCUT2D eigenvalue weighted by Gasteiger charge is 2.42. The molecule has 0 fully saturated rings. The quantitative estimate of drug-likeness (QED) is 0.684. The van der Waals surface area contributed by atoms with E-state index in [1.165, 1.54) is 0 Å². The lowest BCUT2D eigenvalue weighted by Crippen LogP contribution is -2.18. The SMILES string of the molecule is NCc1cc(C(F)F)c(S(=O)(=O)Cl)c(C(F)(F)F)n1. The van der Waals surface area contributed by atoms with E-state index in [2.05, 4.69) is 4.98 Å². The molecule has 1 heterocycles. The number of alkyl halides is 5. The summed E-state index contributed by atoms with van der Waals surface area (Å²) in [5.41, 5.74) is 1.14. The van der Waals surface area contributed by atoms with Gasteiger partial charge in [-0.05, 0) is 6.07 Å². The summed E-state index contributed by atoms with van der Waals surface area (Å²) >= 11 is 0. The van der Waals surface area contributed by atoms with Crippen LogP contribution in [0.1, 0.15) is 23.4 Å². The second-order valence-corrected chi connectivity index (χ2v) is 5.82. The largest absolute Gasteiger partial charge is 0.434 e. The van der Waals surface area contributed by atoms with Crippen molar-refractivity contribution in [2.45, 2.75) is 24.0 Å². The van der Waals surface area contributed by atoms with Crippen molar-refractivity contribution in [1.82, 2.24) is 4.98 Å². The Kier molecular flexibility index (Phi) is 4.37. The average Bonchev–Trinajstić information content (AvgIpc) is 2.24. The van der Waals surface area contributed by atoms with Gasteiger partial charge in [-0.2, -0.15) is 13.2 Å². The zero-order valence-corrected chi connectivity index (χ0v) is 10.5. The fraction of sp³-hybridized carbons (Fsp3) is 0.375. The number of aromatic nitrogens is 1. The van der Waals surface area contributed by atoms with Crippen LogP contribution in [0.2, 0.25) is 0 Å². The minimum atomic E-state index is -5.26. The summed E-state index contributed by atoms with van der Waals surface area (Å²) in [4.78, 5) is 1.18. The van der Waals surface area contributed by atoms with Crippen molar-refractivity contribution in [3.05, 3.63) is 23.0 Å². The van der Waals surface area contributed by atoms with Gasteiger partial charge < -0.3 is 5.73 Å². The Labute approximate surface area is 108 Å². The number of pyridine rings is 1. The number of nitrogens with zero attached hydrogens (tertiary/aromatic N) is 1.